The number of rotatable bonds is 8. The normalized spacial score (nSPS) is 24.6. The molecule has 0 aliphatic carbocycles. The lowest BCUT2D eigenvalue weighted by Gasteiger charge is -2.22. The van der Waals surface area contributed by atoms with Crippen LogP contribution in [0, 0.1) is 5.92 Å². The van der Waals surface area contributed by atoms with Gasteiger partial charge in [0.2, 0.25) is 0 Å². The third-order valence-electron chi connectivity index (χ3n) is 3.52. The predicted molar refractivity (Wildman–Crippen MR) is 66.5 cm³/mol. The van der Waals surface area contributed by atoms with Crippen LogP contribution >= 0.6 is 0 Å². The van der Waals surface area contributed by atoms with Crippen LogP contribution in [0.2, 0.25) is 0 Å². The van der Waals surface area contributed by atoms with Crippen molar-refractivity contribution in [3.8, 4) is 0 Å². The van der Waals surface area contributed by atoms with Crippen LogP contribution in [0.3, 0.4) is 0 Å². The molecule has 16 heavy (non-hydrogen) atoms. The maximum absolute atomic E-state index is 9.98. The Morgan fingerprint density at radius 3 is 2.81 bits per heavy atom. The van der Waals surface area contributed by atoms with Crippen LogP contribution in [-0.2, 0) is 4.74 Å². The quantitative estimate of drug-likeness (QED) is 0.668. The van der Waals surface area contributed by atoms with Gasteiger partial charge in [-0.25, -0.2) is 0 Å². The van der Waals surface area contributed by atoms with Crippen LogP contribution in [-0.4, -0.2) is 37.0 Å². The molecule has 1 rings (SSSR count). The Kier molecular flexibility index (Phi) is 7.01. The van der Waals surface area contributed by atoms with Crippen LogP contribution in [0.5, 0.6) is 0 Å². The van der Waals surface area contributed by atoms with E-state index in [1.54, 1.807) is 0 Å². The summed E-state index contributed by atoms with van der Waals surface area (Å²) in [7, 11) is 0. The van der Waals surface area contributed by atoms with E-state index >= 15 is 0 Å². The fourth-order valence-electron chi connectivity index (χ4n) is 2.21. The highest BCUT2D eigenvalue weighted by Gasteiger charge is 2.24. The second-order valence-corrected chi connectivity index (χ2v) is 4.85. The van der Waals surface area contributed by atoms with Crippen molar-refractivity contribution < 1.29 is 9.84 Å². The fourth-order valence-corrected chi connectivity index (χ4v) is 2.21. The molecule has 3 unspecified atom stereocenters. The van der Waals surface area contributed by atoms with Gasteiger partial charge in [0.15, 0.2) is 0 Å². The van der Waals surface area contributed by atoms with Crippen molar-refractivity contribution in [3.05, 3.63) is 0 Å². The Morgan fingerprint density at radius 1 is 1.44 bits per heavy atom. The standard InChI is InChI=1S/C13H27NO2/c1-3-5-6-12(4-2)14-9-13(15)11-7-8-16-10-11/h11-15H,3-10H2,1-2H3. The van der Waals surface area contributed by atoms with Gasteiger partial charge in [0.1, 0.15) is 0 Å². The van der Waals surface area contributed by atoms with E-state index in [-0.39, 0.29) is 6.10 Å². The highest BCUT2D eigenvalue weighted by Crippen LogP contribution is 2.16. The lowest BCUT2D eigenvalue weighted by molar-refractivity contribution is 0.0878. The molecule has 1 fully saturated rings. The van der Waals surface area contributed by atoms with Gasteiger partial charge in [-0.1, -0.05) is 26.7 Å². The van der Waals surface area contributed by atoms with Crippen LogP contribution in [0.1, 0.15) is 46.0 Å². The molecule has 0 saturated carbocycles. The summed E-state index contributed by atoms with van der Waals surface area (Å²) in [5.74, 6) is 0.344. The summed E-state index contributed by atoms with van der Waals surface area (Å²) >= 11 is 0. The van der Waals surface area contributed by atoms with Crippen molar-refractivity contribution in [2.75, 3.05) is 19.8 Å². The minimum absolute atomic E-state index is 0.238. The van der Waals surface area contributed by atoms with E-state index in [1.807, 2.05) is 0 Å². The topological polar surface area (TPSA) is 41.5 Å². The highest BCUT2D eigenvalue weighted by molar-refractivity contribution is 4.76. The highest BCUT2D eigenvalue weighted by atomic mass is 16.5. The Balaban J connectivity index is 2.14. The van der Waals surface area contributed by atoms with Crippen LogP contribution in [0.15, 0.2) is 0 Å². The molecule has 3 atom stereocenters. The number of aliphatic hydroxyl groups excluding tert-OH is 1. The second kappa shape index (κ2) is 8.04. The molecule has 0 spiro atoms. The van der Waals surface area contributed by atoms with Gasteiger partial charge in [0.25, 0.3) is 0 Å². The number of nitrogens with one attached hydrogen (secondary N) is 1. The van der Waals surface area contributed by atoms with Crippen molar-refractivity contribution in [2.24, 2.45) is 5.92 Å². The average Bonchev–Trinajstić information content (AvgIpc) is 2.82. The Labute approximate surface area is 99.6 Å². The van der Waals surface area contributed by atoms with Gasteiger partial charge in [-0.2, -0.15) is 0 Å². The number of aliphatic hydroxyl groups is 1. The van der Waals surface area contributed by atoms with E-state index in [2.05, 4.69) is 19.2 Å². The summed E-state index contributed by atoms with van der Waals surface area (Å²) in [5.41, 5.74) is 0. The summed E-state index contributed by atoms with van der Waals surface area (Å²) in [6.07, 6.45) is 5.66. The van der Waals surface area contributed by atoms with Gasteiger partial charge in [-0.3, -0.25) is 0 Å². The zero-order valence-corrected chi connectivity index (χ0v) is 10.7. The first-order valence-electron chi connectivity index (χ1n) is 6.77. The van der Waals surface area contributed by atoms with E-state index in [9.17, 15) is 5.11 Å². The van der Waals surface area contributed by atoms with Gasteiger partial charge in [0.05, 0.1) is 12.7 Å². The van der Waals surface area contributed by atoms with E-state index in [4.69, 9.17) is 4.74 Å². The summed E-state index contributed by atoms with van der Waals surface area (Å²) in [4.78, 5) is 0. The number of hydrogen-bond donors (Lipinski definition) is 2. The maximum atomic E-state index is 9.98. The first kappa shape index (κ1) is 13.9. The molecule has 0 aromatic heterocycles. The molecule has 0 aromatic carbocycles. The van der Waals surface area contributed by atoms with Gasteiger partial charge in [-0.15, -0.1) is 0 Å². The summed E-state index contributed by atoms with van der Waals surface area (Å²) in [6, 6.07) is 0.567. The lowest BCUT2D eigenvalue weighted by atomic mass is 10.0. The first-order chi connectivity index (χ1) is 7.77. The molecule has 1 aliphatic heterocycles. The SMILES string of the molecule is CCCCC(CC)NCC(O)C1CCOC1. The second-order valence-electron chi connectivity index (χ2n) is 4.85. The molecule has 96 valence electrons. The van der Waals surface area contributed by atoms with Gasteiger partial charge in [0, 0.05) is 25.1 Å². The van der Waals surface area contributed by atoms with Crippen molar-refractivity contribution in [2.45, 2.75) is 58.1 Å². The third kappa shape index (κ3) is 4.81. The van der Waals surface area contributed by atoms with Crippen LogP contribution in [0.4, 0.5) is 0 Å². The zero-order valence-electron chi connectivity index (χ0n) is 10.7. The van der Waals surface area contributed by atoms with Crippen molar-refractivity contribution in [1.82, 2.24) is 5.32 Å². The smallest absolute Gasteiger partial charge is 0.0715 e. The van der Waals surface area contributed by atoms with E-state index in [0.717, 1.165) is 32.6 Å². The lowest BCUT2D eigenvalue weighted by Crippen LogP contribution is -2.38. The van der Waals surface area contributed by atoms with Crippen molar-refractivity contribution in [3.63, 3.8) is 0 Å². The largest absolute Gasteiger partial charge is 0.391 e. The third-order valence-corrected chi connectivity index (χ3v) is 3.52. The Hall–Kier alpha value is -0.120. The van der Waals surface area contributed by atoms with Crippen LogP contribution in [0.25, 0.3) is 0 Å². The number of hydrogen-bond acceptors (Lipinski definition) is 3. The predicted octanol–water partition coefficient (Wildman–Crippen LogP) is 1.94. The fraction of sp³-hybridized carbons (Fsp3) is 1.00. The minimum Gasteiger partial charge on any atom is -0.391 e. The molecule has 1 aliphatic rings. The summed E-state index contributed by atoms with van der Waals surface area (Å²) in [5, 5.41) is 13.5. The number of unbranched alkanes of at least 4 members (excludes halogenated alkanes) is 1. The Morgan fingerprint density at radius 2 is 2.25 bits per heavy atom. The molecular formula is C13H27NO2. The molecule has 3 heteroatoms. The minimum atomic E-state index is -0.238. The molecular weight excluding hydrogens is 202 g/mol. The molecule has 1 saturated heterocycles. The summed E-state index contributed by atoms with van der Waals surface area (Å²) in [6.45, 7) is 6.69. The zero-order chi connectivity index (χ0) is 11.8. The molecule has 1 heterocycles. The average molecular weight is 229 g/mol. The molecule has 0 aromatic rings. The van der Waals surface area contributed by atoms with Crippen molar-refractivity contribution >= 4 is 0 Å². The van der Waals surface area contributed by atoms with E-state index < -0.39 is 0 Å². The molecule has 0 bridgehead atoms. The molecule has 3 nitrogen and oxygen atoms in total. The van der Waals surface area contributed by atoms with E-state index in [0.29, 0.717) is 12.0 Å². The first-order valence-corrected chi connectivity index (χ1v) is 6.77. The molecule has 2 N–H and O–H groups in total. The van der Waals surface area contributed by atoms with Crippen LogP contribution < -0.4 is 5.32 Å². The van der Waals surface area contributed by atoms with Gasteiger partial charge < -0.3 is 15.2 Å². The van der Waals surface area contributed by atoms with Crippen molar-refractivity contribution in [1.29, 1.82) is 0 Å². The monoisotopic (exact) mass is 229 g/mol. The Bertz CT molecular complexity index is 169. The van der Waals surface area contributed by atoms with Gasteiger partial charge in [-0.05, 0) is 19.3 Å². The molecule has 0 radical (unpaired) electrons. The molecule has 0 amide bonds. The summed E-state index contributed by atoms with van der Waals surface area (Å²) < 4.78 is 5.29. The van der Waals surface area contributed by atoms with Gasteiger partial charge >= 0.3 is 0 Å². The maximum Gasteiger partial charge on any atom is 0.0715 e. The van der Waals surface area contributed by atoms with E-state index in [1.165, 1.54) is 19.3 Å². The number of ether oxygens (including phenoxy) is 1.